The summed E-state index contributed by atoms with van der Waals surface area (Å²) in [5, 5.41) is 0. The zero-order valence-corrected chi connectivity index (χ0v) is 16.4. The summed E-state index contributed by atoms with van der Waals surface area (Å²) in [6.45, 7) is 5.74. The molecule has 0 aliphatic carbocycles. The molecule has 2 heterocycles. The van der Waals surface area contributed by atoms with Crippen molar-refractivity contribution in [2.24, 2.45) is 0 Å². The molecule has 0 fully saturated rings. The van der Waals surface area contributed by atoms with Crippen LogP contribution < -0.4 is 0 Å². The van der Waals surface area contributed by atoms with Gasteiger partial charge in [0.05, 0.1) is 34.9 Å². The van der Waals surface area contributed by atoms with Crippen molar-refractivity contribution >= 4 is 11.9 Å². The fourth-order valence-electron chi connectivity index (χ4n) is 3.93. The lowest BCUT2D eigenvalue weighted by Gasteiger charge is -2.36. The molecule has 0 spiro atoms. The largest absolute Gasteiger partial charge is 0.463 e. The van der Waals surface area contributed by atoms with Crippen LogP contribution in [0.1, 0.15) is 44.2 Å². The van der Waals surface area contributed by atoms with Crippen LogP contribution in [0.3, 0.4) is 0 Å². The molecule has 1 atom stereocenters. The van der Waals surface area contributed by atoms with Crippen molar-refractivity contribution in [2.45, 2.75) is 39.3 Å². The summed E-state index contributed by atoms with van der Waals surface area (Å²) < 4.78 is 51.6. The number of cyclic esters (lactones) is 1. The van der Waals surface area contributed by atoms with Gasteiger partial charge in [-0.05, 0) is 31.9 Å². The maximum Gasteiger partial charge on any atom is 0.416 e. The number of esters is 2. The highest BCUT2D eigenvalue weighted by molar-refractivity contribution is 6.01. The van der Waals surface area contributed by atoms with Crippen LogP contribution in [-0.2, 0) is 25.2 Å². The van der Waals surface area contributed by atoms with Gasteiger partial charge in [-0.15, -0.1) is 0 Å². The number of allylic oxidation sites excluding steroid dienone is 1. The van der Waals surface area contributed by atoms with E-state index in [1.54, 1.807) is 18.7 Å². The number of alkyl halides is 3. The summed E-state index contributed by atoms with van der Waals surface area (Å²) in [4.78, 5) is 27.2. The summed E-state index contributed by atoms with van der Waals surface area (Å²) in [5.41, 5.74) is 0.0344. The van der Waals surface area contributed by atoms with Gasteiger partial charge in [-0.2, -0.15) is 13.2 Å². The normalized spacial score (nSPS) is 19.4. The van der Waals surface area contributed by atoms with Gasteiger partial charge in [-0.25, -0.2) is 9.59 Å². The Labute approximate surface area is 166 Å². The van der Waals surface area contributed by atoms with Crippen molar-refractivity contribution in [3.05, 3.63) is 57.9 Å². The van der Waals surface area contributed by atoms with Crippen molar-refractivity contribution in [1.29, 1.82) is 0 Å². The average Bonchev–Trinajstić information content (AvgIpc) is 3.04. The predicted molar refractivity (Wildman–Crippen MR) is 98.5 cm³/mol. The molecule has 5 nitrogen and oxygen atoms in total. The lowest BCUT2D eigenvalue weighted by molar-refractivity contribution is -0.141. The first kappa shape index (κ1) is 21.0. The summed E-state index contributed by atoms with van der Waals surface area (Å²) >= 11 is 0. The van der Waals surface area contributed by atoms with Crippen molar-refractivity contribution in [2.75, 3.05) is 19.8 Å². The van der Waals surface area contributed by atoms with Crippen LogP contribution >= 0.6 is 0 Å². The molecular formula is C21H22F3NO4. The van der Waals surface area contributed by atoms with E-state index in [2.05, 4.69) is 0 Å². The molecule has 0 saturated carbocycles. The molecule has 1 unspecified atom stereocenters. The molecular weight excluding hydrogens is 387 g/mol. The number of carbonyl (C=O) groups is 2. The Balaban J connectivity index is 2.30. The molecule has 0 amide bonds. The van der Waals surface area contributed by atoms with E-state index in [0.29, 0.717) is 24.4 Å². The van der Waals surface area contributed by atoms with E-state index >= 15 is 0 Å². The minimum absolute atomic E-state index is 0.0354. The third-order valence-corrected chi connectivity index (χ3v) is 5.09. The highest BCUT2D eigenvalue weighted by atomic mass is 19.4. The number of rotatable bonds is 5. The third kappa shape index (κ3) is 3.63. The van der Waals surface area contributed by atoms with E-state index in [9.17, 15) is 22.8 Å². The van der Waals surface area contributed by atoms with Crippen molar-refractivity contribution in [1.82, 2.24) is 4.90 Å². The molecule has 0 saturated heterocycles. The van der Waals surface area contributed by atoms with Crippen LogP contribution in [0, 0.1) is 0 Å². The molecule has 0 N–H and O–H groups in total. The van der Waals surface area contributed by atoms with Crippen LogP contribution in [0.2, 0.25) is 0 Å². The quantitative estimate of drug-likeness (QED) is 0.684. The van der Waals surface area contributed by atoms with Gasteiger partial charge in [-0.1, -0.05) is 25.1 Å². The van der Waals surface area contributed by atoms with Gasteiger partial charge >= 0.3 is 18.1 Å². The molecule has 2 aliphatic rings. The van der Waals surface area contributed by atoms with Crippen molar-refractivity contribution in [3.8, 4) is 0 Å². The number of carbonyl (C=O) groups excluding carboxylic acids is 2. The number of hydrogen-bond donors (Lipinski definition) is 0. The molecule has 29 heavy (non-hydrogen) atoms. The van der Waals surface area contributed by atoms with Crippen molar-refractivity contribution < 1.29 is 32.2 Å². The second-order valence-corrected chi connectivity index (χ2v) is 6.83. The Hall–Kier alpha value is -2.77. The monoisotopic (exact) mass is 409 g/mol. The number of ether oxygens (including phenoxy) is 2. The molecule has 1 aromatic carbocycles. The second kappa shape index (κ2) is 7.93. The molecule has 8 heteroatoms. The third-order valence-electron chi connectivity index (χ3n) is 5.09. The van der Waals surface area contributed by atoms with E-state index in [4.69, 9.17) is 9.47 Å². The first-order valence-electron chi connectivity index (χ1n) is 9.44. The fraction of sp³-hybridized carbons (Fsp3) is 0.429. The van der Waals surface area contributed by atoms with Gasteiger partial charge < -0.3 is 14.4 Å². The molecule has 1 aromatic rings. The minimum atomic E-state index is -4.64. The van der Waals surface area contributed by atoms with Gasteiger partial charge in [0.2, 0.25) is 0 Å². The van der Waals surface area contributed by atoms with Crippen LogP contribution in [-0.4, -0.2) is 36.6 Å². The van der Waals surface area contributed by atoms with Gasteiger partial charge in [0.1, 0.15) is 6.61 Å². The Kier molecular flexibility index (Phi) is 5.73. The zero-order chi connectivity index (χ0) is 21.3. The van der Waals surface area contributed by atoms with Gasteiger partial charge in [0.15, 0.2) is 0 Å². The predicted octanol–water partition coefficient (Wildman–Crippen LogP) is 4.16. The summed E-state index contributed by atoms with van der Waals surface area (Å²) in [6.07, 6.45) is -3.93. The lowest BCUT2D eigenvalue weighted by atomic mass is 9.78. The topological polar surface area (TPSA) is 55.8 Å². The van der Waals surface area contributed by atoms with Gasteiger partial charge in [0, 0.05) is 12.2 Å². The first-order valence-corrected chi connectivity index (χ1v) is 9.44. The molecule has 3 rings (SSSR count). The highest BCUT2D eigenvalue weighted by Crippen LogP contribution is 2.48. The maximum atomic E-state index is 13.7. The van der Waals surface area contributed by atoms with E-state index < -0.39 is 29.6 Å². The molecule has 0 bridgehead atoms. The van der Waals surface area contributed by atoms with Gasteiger partial charge in [-0.3, -0.25) is 0 Å². The van der Waals surface area contributed by atoms with E-state index in [0.717, 1.165) is 6.07 Å². The summed E-state index contributed by atoms with van der Waals surface area (Å²) in [5.74, 6) is -2.65. The SMILES string of the molecule is CCCN1C(C)=C(C(=O)OCC)C(c2ccccc2C(F)(F)F)C2=C1COC2=O. The smallest absolute Gasteiger partial charge is 0.416 e. The van der Waals surface area contributed by atoms with E-state index in [-0.39, 0.29) is 29.9 Å². The Morgan fingerprint density at radius 3 is 2.59 bits per heavy atom. The standard InChI is InChI=1S/C21H22F3NO4/c1-4-10-25-12(3)16(19(26)28-5-2)17(18-15(25)11-29-20(18)27)13-8-6-7-9-14(13)21(22,23)24/h6-9,17H,4-5,10-11H2,1-3H3. The van der Waals surface area contributed by atoms with E-state index in [1.165, 1.54) is 18.2 Å². The summed E-state index contributed by atoms with van der Waals surface area (Å²) in [6, 6.07) is 4.99. The van der Waals surface area contributed by atoms with Crippen molar-refractivity contribution in [3.63, 3.8) is 0 Å². The Bertz CT molecular complexity index is 901. The fourth-order valence-corrected chi connectivity index (χ4v) is 3.93. The Morgan fingerprint density at radius 1 is 1.28 bits per heavy atom. The van der Waals surface area contributed by atoms with Crippen LogP contribution in [0.5, 0.6) is 0 Å². The molecule has 2 aliphatic heterocycles. The highest BCUT2D eigenvalue weighted by Gasteiger charge is 2.47. The number of benzene rings is 1. The van der Waals surface area contributed by atoms with Crippen LogP contribution in [0.15, 0.2) is 46.8 Å². The molecule has 0 aromatic heterocycles. The maximum absolute atomic E-state index is 13.7. The van der Waals surface area contributed by atoms with Crippen LogP contribution in [0.25, 0.3) is 0 Å². The van der Waals surface area contributed by atoms with Gasteiger partial charge in [0.25, 0.3) is 0 Å². The van der Waals surface area contributed by atoms with Crippen LogP contribution in [0.4, 0.5) is 13.2 Å². The Morgan fingerprint density at radius 2 is 1.97 bits per heavy atom. The first-order chi connectivity index (χ1) is 13.7. The summed E-state index contributed by atoms with van der Waals surface area (Å²) in [7, 11) is 0. The zero-order valence-electron chi connectivity index (χ0n) is 16.4. The lowest BCUT2D eigenvalue weighted by Crippen LogP contribution is -2.35. The molecule has 0 radical (unpaired) electrons. The second-order valence-electron chi connectivity index (χ2n) is 6.83. The number of nitrogens with zero attached hydrogens (tertiary/aromatic N) is 1. The number of hydrogen-bond acceptors (Lipinski definition) is 5. The minimum Gasteiger partial charge on any atom is -0.463 e. The average molecular weight is 409 g/mol. The molecule has 156 valence electrons. The number of halogens is 3. The van der Waals surface area contributed by atoms with E-state index in [1.807, 2.05) is 6.92 Å².